The molecule has 5 heteroatoms. The Morgan fingerprint density at radius 3 is 2.68 bits per heavy atom. The molecular formula is C14H17ClN2O2. The number of benzene rings is 1. The molecule has 1 N–H and O–H groups in total. The first kappa shape index (κ1) is 13.9. The third kappa shape index (κ3) is 2.89. The van der Waals surface area contributed by atoms with Crippen LogP contribution in [0.5, 0.6) is 0 Å². The zero-order chi connectivity index (χ0) is 13.8. The zero-order valence-electron chi connectivity index (χ0n) is 10.9. The van der Waals surface area contributed by atoms with Crippen molar-refractivity contribution in [2.45, 2.75) is 12.8 Å². The van der Waals surface area contributed by atoms with E-state index >= 15 is 0 Å². The van der Waals surface area contributed by atoms with Crippen LogP contribution in [-0.2, 0) is 4.79 Å². The van der Waals surface area contributed by atoms with Crippen molar-refractivity contribution in [1.82, 2.24) is 5.32 Å². The average molecular weight is 281 g/mol. The summed E-state index contributed by atoms with van der Waals surface area (Å²) >= 11 is 6.19. The minimum absolute atomic E-state index is 0.0587. The van der Waals surface area contributed by atoms with Gasteiger partial charge in [-0.3, -0.25) is 9.59 Å². The highest BCUT2D eigenvalue weighted by Gasteiger charge is 2.26. The number of anilines is 1. The molecule has 1 aromatic carbocycles. The molecule has 4 nitrogen and oxygen atoms in total. The first-order valence-corrected chi connectivity index (χ1v) is 6.75. The van der Waals surface area contributed by atoms with Crippen LogP contribution in [0.2, 0.25) is 5.02 Å². The molecule has 0 unspecified atom stereocenters. The first-order chi connectivity index (χ1) is 9.17. The van der Waals surface area contributed by atoms with E-state index in [-0.39, 0.29) is 11.8 Å². The maximum Gasteiger partial charge on any atom is 0.222 e. The Bertz CT molecular complexity index is 482. The van der Waals surface area contributed by atoms with Gasteiger partial charge in [0.05, 0.1) is 10.7 Å². The normalized spacial score (nSPS) is 16.2. The fourth-order valence-corrected chi connectivity index (χ4v) is 2.83. The molecule has 1 heterocycles. The maximum absolute atomic E-state index is 11.6. The molecule has 1 aromatic rings. The first-order valence-electron chi connectivity index (χ1n) is 6.37. The van der Waals surface area contributed by atoms with Gasteiger partial charge in [-0.1, -0.05) is 17.7 Å². The predicted octanol–water partition coefficient (Wildman–Crippen LogP) is 2.11. The monoisotopic (exact) mass is 280 g/mol. The lowest BCUT2D eigenvalue weighted by molar-refractivity contribution is -0.125. The van der Waals surface area contributed by atoms with E-state index in [0.29, 0.717) is 10.6 Å². The number of carbonyl (C=O) groups excluding carboxylic acids is 2. The van der Waals surface area contributed by atoms with Crippen LogP contribution in [0, 0.1) is 5.92 Å². The van der Waals surface area contributed by atoms with E-state index in [4.69, 9.17) is 11.6 Å². The Hall–Kier alpha value is -1.55. The van der Waals surface area contributed by atoms with Gasteiger partial charge in [0.2, 0.25) is 5.91 Å². The van der Waals surface area contributed by atoms with E-state index in [2.05, 4.69) is 10.2 Å². The van der Waals surface area contributed by atoms with Gasteiger partial charge in [-0.05, 0) is 25.0 Å². The number of aldehydes is 1. The molecule has 1 saturated heterocycles. The van der Waals surface area contributed by atoms with Crippen molar-refractivity contribution < 1.29 is 9.59 Å². The number of amides is 1. The number of halogens is 1. The van der Waals surface area contributed by atoms with E-state index in [0.717, 1.165) is 37.9 Å². The number of hydrogen-bond acceptors (Lipinski definition) is 3. The van der Waals surface area contributed by atoms with Crippen molar-refractivity contribution in [2.75, 3.05) is 25.0 Å². The number of hydrogen-bond donors (Lipinski definition) is 1. The summed E-state index contributed by atoms with van der Waals surface area (Å²) in [5.41, 5.74) is 1.39. The molecule has 0 aliphatic carbocycles. The molecule has 2 rings (SSSR count). The highest BCUT2D eigenvalue weighted by molar-refractivity contribution is 6.33. The molecule has 0 radical (unpaired) electrons. The summed E-state index contributed by atoms with van der Waals surface area (Å²) in [5.74, 6) is 0.151. The summed E-state index contributed by atoms with van der Waals surface area (Å²) < 4.78 is 0. The van der Waals surface area contributed by atoms with Crippen LogP contribution in [0.4, 0.5) is 5.69 Å². The lowest BCUT2D eigenvalue weighted by Gasteiger charge is -2.34. The van der Waals surface area contributed by atoms with Crippen LogP contribution in [-0.4, -0.2) is 32.3 Å². The van der Waals surface area contributed by atoms with Crippen LogP contribution in [0.1, 0.15) is 23.2 Å². The van der Waals surface area contributed by atoms with Gasteiger partial charge in [0.25, 0.3) is 0 Å². The van der Waals surface area contributed by atoms with Gasteiger partial charge >= 0.3 is 0 Å². The van der Waals surface area contributed by atoms with Crippen molar-refractivity contribution in [3.05, 3.63) is 28.8 Å². The quantitative estimate of drug-likeness (QED) is 0.863. The number of carbonyl (C=O) groups is 2. The number of nitrogens with zero attached hydrogens (tertiary/aromatic N) is 1. The minimum Gasteiger partial charge on any atom is -0.370 e. The van der Waals surface area contributed by atoms with Crippen molar-refractivity contribution in [1.29, 1.82) is 0 Å². The molecule has 1 aliphatic heterocycles. The molecule has 1 fully saturated rings. The standard InChI is InChI=1S/C14H17ClN2O2/c1-16-14(19)10-5-7-17(8-6-10)13-11(9-18)3-2-4-12(13)15/h2-4,9-10H,5-8H2,1H3,(H,16,19). The Morgan fingerprint density at radius 1 is 1.42 bits per heavy atom. The van der Waals surface area contributed by atoms with Crippen LogP contribution < -0.4 is 10.2 Å². The van der Waals surface area contributed by atoms with Crippen molar-refractivity contribution in [2.24, 2.45) is 5.92 Å². The fraction of sp³-hybridized carbons (Fsp3) is 0.429. The SMILES string of the molecule is CNC(=O)C1CCN(c2c(Cl)cccc2C=O)CC1. The number of rotatable bonds is 3. The number of piperidine rings is 1. The summed E-state index contributed by atoms with van der Waals surface area (Å²) in [7, 11) is 1.66. The molecule has 1 aliphatic rings. The van der Waals surface area contributed by atoms with Gasteiger partial charge in [0.15, 0.2) is 6.29 Å². The minimum atomic E-state index is 0.0587. The van der Waals surface area contributed by atoms with Gasteiger partial charge in [-0.2, -0.15) is 0 Å². The Morgan fingerprint density at radius 2 is 2.11 bits per heavy atom. The lowest BCUT2D eigenvalue weighted by Crippen LogP contribution is -2.40. The summed E-state index contributed by atoms with van der Waals surface area (Å²) in [6.45, 7) is 1.48. The van der Waals surface area contributed by atoms with Crippen LogP contribution in [0.15, 0.2) is 18.2 Å². The van der Waals surface area contributed by atoms with E-state index in [1.165, 1.54) is 0 Å². The summed E-state index contributed by atoms with van der Waals surface area (Å²) in [5, 5.41) is 3.27. The van der Waals surface area contributed by atoms with E-state index in [9.17, 15) is 9.59 Å². The third-order valence-corrected chi connectivity index (χ3v) is 3.88. The number of para-hydroxylation sites is 1. The average Bonchev–Trinajstić information content (AvgIpc) is 2.46. The Labute approximate surface area is 117 Å². The van der Waals surface area contributed by atoms with Crippen LogP contribution >= 0.6 is 11.6 Å². The molecular weight excluding hydrogens is 264 g/mol. The second-order valence-corrected chi connectivity index (χ2v) is 5.08. The largest absolute Gasteiger partial charge is 0.370 e. The van der Waals surface area contributed by atoms with E-state index in [1.54, 1.807) is 25.2 Å². The van der Waals surface area contributed by atoms with E-state index < -0.39 is 0 Å². The van der Waals surface area contributed by atoms with Gasteiger partial charge < -0.3 is 10.2 Å². The topological polar surface area (TPSA) is 49.4 Å². The van der Waals surface area contributed by atoms with Gasteiger partial charge in [-0.25, -0.2) is 0 Å². The van der Waals surface area contributed by atoms with Crippen LogP contribution in [0.25, 0.3) is 0 Å². The van der Waals surface area contributed by atoms with Crippen LogP contribution in [0.3, 0.4) is 0 Å². The maximum atomic E-state index is 11.6. The van der Waals surface area contributed by atoms with Gasteiger partial charge in [-0.15, -0.1) is 0 Å². The summed E-state index contributed by atoms with van der Waals surface area (Å²) in [6.07, 6.45) is 2.39. The lowest BCUT2D eigenvalue weighted by atomic mass is 9.95. The zero-order valence-corrected chi connectivity index (χ0v) is 11.6. The van der Waals surface area contributed by atoms with Crippen molar-refractivity contribution in [3.8, 4) is 0 Å². The number of nitrogens with one attached hydrogen (secondary N) is 1. The predicted molar refractivity (Wildman–Crippen MR) is 75.8 cm³/mol. The van der Waals surface area contributed by atoms with Crippen molar-refractivity contribution >= 4 is 29.5 Å². The van der Waals surface area contributed by atoms with Gasteiger partial charge in [0, 0.05) is 31.6 Å². The second kappa shape index (κ2) is 6.06. The third-order valence-electron chi connectivity index (χ3n) is 3.57. The molecule has 0 bridgehead atoms. The Balaban J connectivity index is 2.14. The highest BCUT2D eigenvalue weighted by atomic mass is 35.5. The molecule has 0 spiro atoms. The molecule has 102 valence electrons. The Kier molecular flexibility index (Phi) is 4.43. The molecule has 0 saturated carbocycles. The summed E-state index contributed by atoms with van der Waals surface area (Å²) in [6, 6.07) is 5.32. The fourth-order valence-electron chi connectivity index (χ4n) is 2.53. The molecule has 0 atom stereocenters. The smallest absolute Gasteiger partial charge is 0.222 e. The molecule has 1 amide bonds. The van der Waals surface area contributed by atoms with Gasteiger partial charge in [0.1, 0.15) is 0 Å². The highest BCUT2D eigenvalue weighted by Crippen LogP contribution is 2.32. The second-order valence-electron chi connectivity index (χ2n) is 4.67. The van der Waals surface area contributed by atoms with Crippen molar-refractivity contribution in [3.63, 3.8) is 0 Å². The molecule has 19 heavy (non-hydrogen) atoms. The molecule has 0 aromatic heterocycles. The summed E-state index contributed by atoms with van der Waals surface area (Å²) in [4.78, 5) is 24.8. The van der Waals surface area contributed by atoms with E-state index in [1.807, 2.05) is 0 Å².